The molecular formula is C10H15NO2. The van der Waals surface area contributed by atoms with E-state index in [1.807, 2.05) is 0 Å². The van der Waals surface area contributed by atoms with Crippen molar-refractivity contribution in [2.24, 2.45) is 11.3 Å². The van der Waals surface area contributed by atoms with Gasteiger partial charge in [-0.05, 0) is 31.6 Å². The van der Waals surface area contributed by atoms with Crippen LogP contribution >= 0.6 is 0 Å². The molecule has 2 aliphatic carbocycles. The number of carbonyl (C=O) groups excluding carboxylic acids is 1. The number of fused-ring (bicyclic) bond motifs is 1. The first-order chi connectivity index (χ1) is 6.31. The molecule has 0 spiro atoms. The minimum absolute atomic E-state index is 0.137. The molecule has 0 aromatic carbocycles. The smallest absolute Gasteiger partial charge is 0.226 e. The maximum absolute atomic E-state index is 11.7. The molecule has 3 fully saturated rings. The summed E-state index contributed by atoms with van der Waals surface area (Å²) >= 11 is 0. The summed E-state index contributed by atoms with van der Waals surface area (Å²) in [6.45, 7) is 1.61. The molecule has 2 saturated carbocycles. The van der Waals surface area contributed by atoms with Crippen molar-refractivity contribution >= 4 is 5.91 Å². The van der Waals surface area contributed by atoms with Crippen LogP contribution < -0.4 is 5.32 Å². The molecule has 3 heteroatoms. The highest BCUT2D eigenvalue weighted by atomic mass is 16.5. The first-order valence-electron chi connectivity index (χ1n) is 5.20. The minimum Gasteiger partial charge on any atom is -0.381 e. The number of rotatable bonds is 2. The molecule has 1 amide bonds. The molecule has 1 aliphatic heterocycles. The second kappa shape index (κ2) is 2.47. The van der Waals surface area contributed by atoms with E-state index >= 15 is 0 Å². The molecule has 3 aliphatic rings. The lowest BCUT2D eigenvalue weighted by Crippen LogP contribution is -2.40. The first-order valence-corrected chi connectivity index (χ1v) is 5.20. The molecule has 3 rings (SSSR count). The Kier molecular flexibility index (Phi) is 1.48. The van der Waals surface area contributed by atoms with Gasteiger partial charge in [-0.15, -0.1) is 0 Å². The van der Waals surface area contributed by atoms with Crippen molar-refractivity contribution in [3.05, 3.63) is 0 Å². The Labute approximate surface area is 77.8 Å². The fourth-order valence-electron chi connectivity index (χ4n) is 2.24. The van der Waals surface area contributed by atoms with Crippen molar-refractivity contribution in [3.63, 3.8) is 0 Å². The fraction of sp³-hybridized carbons (Fsp3) is 0.900. The Morgan fingerprint density at radius 3 is 2.46 bits per heavy atom. The largest absolute Gasteiger partial charge is 0.381 e. The van der Waals surface area contributed by atoms with E-state index in [9.17, 15) is 4.79 Å². The van der Waals surface area contributed by atoms with E-state index < -0.39 is 0 Å². The summed E-state index contributed by atoms with van der Waals surface area (Å²) in [7, 11) is 0. The quantitative estimate of drug-likeness (QED) is 0.680. The van der Waals surface area contributed by atoms with Gasteiger partial charge in [0, 0.05) is 19.3 Å². The summed E-state index contributed by atoms with van der Waals surface area (Å²) in [6, 6.07) is 0.387. The van der Waals surface area contributed by atoms with Gasteiger partial charge in [0.25, 0.3) is 0 Å². The van der Waals surface area contributed by atoms with Crippen molar-refractivity contribution in [2.75, 3.05) is 13.2 Å². The molecule has 0 unspecified atom stereocenters. The highest BCUT2D eigenvalue weighted by Crippen LogP contribution is 2.75. The summed E-state index contributed by atoms with van der Waals surface area (Å²) in [5.41, 5.74) is 0.137. The fourth-order valence-corrected chi connectivity index (χ4v) is 2.24. The number of amides is 1. The Balaban J connectivity index is 1.53. The molecule has 0 radical (unpaired) electrons. The van der Waals surface area contributed by atoms with Crippen LogP contribution in [0.4, 0.5) is 0 Å². The zero-order chi connectivity index (χ0) is 8.89. The van der Waals surface area contributed by atoms with Gasteiger partial charge >= 0.3 is 0 Å². The van der Waals surface area contributed by atoms with E-state index in [1.54, 1.807) is 0 Å². The van der Waals surface area contributed by atoms with Gasteiger partial charge in [0.05, 0.1) is 5.41 Å². The summed E-state index contributed by atoms with van der Waals surface area (Å²) in [5, 5.41) is 3.14. The molecule has 0 aromatic heterocycles. The second-order valence-electron chi connectivity index (χ2n) is 4.62. The lowest BCUT2D eigenvalue weighted by molar-refractivity contribution is -0.125. The van der Waals surface area contributed by atoms with E-state index in [0.29, 0.717) is 11.9 Å². The summed E-state index contributed by atoms with van der Waals surface area (Å²) < 4.78 is 5.24. The first kappa shape index (κ1) is 7.80. The minimum atomic E-state index is 0.137. The monoisotopic (exact) mass is 181 g/mol. The SMILES string of the molecule is O=C(NC1CCOCC1)C12CC1C2. The zero-order valence-corrected chi connectivity index (χ0v) is 7.71. The topological polar surface area (TPSA) is 38.3 Å². The highest BCUT2D eigenvalue weighted by molar-refractivity contribution is 5.90. The van der Waals surface area contributed by atoms with Gasteiger partial charge in [0.1, 0.15) is 0 Å². The van der Waals surface area contributed by atoms with E-state index in [2.05, 4.69) is 5.32 Å². The van der Waals surface area contributed by atoms with Crippen LogP contribution in [0.3, 0.4) is 0 Å². The molecule has 13 heavy (non-hydrogen) atoms. The standard InChI is InChI=1S/C10H15NO2/c12-9(10-5-7(10)6-10)11-8-1-3-13-4-2-8/h7-8H,1-6H2,(H,11,12). The zero-order valence-electron chi connectivity index (χ0n) is 7.71. The van der Waals surface area contributed by atoms with E-state index in [4.69, 9.17) is 4.74 Å². The lowest BCUT2D eigenvalue weighted by atomic mass is 10.1. The van der Waals surface area contributed by atoms with E-state index in [1.165, 1.54) is 0 Å². The molecule has 0 bridgehead atoms. The predicted molar refractivity (Wildman–Crippen MR) is 47.1 cm³/mol. The van der Waals surface area contributed by atoms with Gasteiger partial charge in [-0.25, -0.2) is 0 Å². The Morgan fingerprint density at radius 2 is 1.92 bits per heavy atom. The Hall–Kier alpha value is -0.570. The van der Waals surface area contributed by atoms with Crippen LogP contribution in [0.15, 0.2) is 0 Å². The van der Waals surface area contributed by atoms with Crippen LogP contribution in [0, 0.1) is 11.3 Å². The maximum Gasteiger partial charge on any atom is 0.226 e. The van der Waals surface area contributed by atoms with Gasteiger partial charge in [-0.2, -0.15) is 0 Å². The van der Waals surface area contributed by atoms with Crippen LogP contribution in [0.5, 0.6) is 0 Å². The number of hydrogen-bond acceptors (Lipinski definition) is 2. The van der Waals surface area contributed by atoms with E-state index in [-0.39, 0.29) is 5.41 Å². The van der Waals surface area contributed by atoms with Gasteiger partial charge in [0.15, 0.2) is 0 Å². The third kappa shape index (κ3) is 1.17. The Bertz CT molecular complexity index is 239. The number of ether oxygens (including phenoxy) is 1. The van der Waals surface area contributed by atoms with E-state index in [0.717, 1.165) is 44.8 Å². The lowest BCUT2D eigenvalue weighted by Gasteiger charge is -2.23. The third-order valence-corrected chi connectivity index (χ3v) is 3.69. The average molecular weight is 181 g/mol. The molecular weight excluding hydrogens is 166 g/mol. The van der Waals surface area contributed by atoms with Crippen LogP contribution in [-0.2, 0) is 9.53 Å². The van der Waals surface area contributed by atoms with Gasteiger partial charge in [-0.3, -0.25) is 4.79 Å². The predicted octanol–water partition coefficient (Wildman–Crippen LogP) is 0.692. The van der Waals surface area contributed by atoms with Crippen LogP contribution in [0.1, 0.15) is 25.7 Å². The van der Waals surface area contributed by atoms with Crippen molar-refractivity contribution in [1.82, 2.24) is 5.32 Å². The van der Waals surface area contributed by atoms with Crippen molar-refractivity contribution in [1.29, 1.82) is 0 Å². The number of hydrogen-bond donors (Lipinski definition) is 1. The van der Waals surface area contributed by atoms with Crippen LogP contribution in [0.2, 0.25) is 0 Å². The summed E-state index contributed by atoms with van der Waals surface area (Å²) in [6.07, 6.45) is 4.29. The third-order valence-electron chi connectivity index (χ3n) is 3.69. The molecule has 0 aromatic rings. The molecule has 1 saturated heterocycles. The molecule has 72 valence electrons. The molecule has 1 N–H and O–H groups in total. The van der Waals surface area contributed by atoms with Gasteiger partial charge < -0.3 is 10.1 Å². The molecule has 1 heterocycles. The second-order valence-corrected chi connectivity index (χ2v) is 4.62. The van der Waals surface area contributed by atoms with Crippen molar-refractivity contribution in [2.45, 2.75) is 31.7 Å². The van der Waals surface area contributed by atoms with Crippen LogP contribution in [0.25, 0.3) is 0 Å². The van der Waals surface area contributed by atoms with Crippen molar-refractivity contribution < 1.29 is 9.53 Å². The summed E-state index contributed by atoms with van der Waals surface area (Å²) in [5.74, 6) is 1.08. The number of nitrogens with one attached hydrogen (secondary N) is 1. The highest BCUT2D eigenvalue weighted by Gasteiger charge is 2.74. The van der Waals surface area contributed by atoms with Gasteiger partial charge in [0.2, 0.25) is 5.91 Å². The number of carbonyl (C=O) groups is 1. The Morgan fingerprint density at radius 1 is 1.31 bits per heavy atom. The van der Waals surface area contributed by atoms with Crippen LogP contribution in [-0.4, -0.2) is 25.2 Å². The summed E-state index contributed by atoms with van der Waals surface area (Å²) in [4.78, 5) is 11.7. The normalized spacial score (nSPS) is 42.3. The molecule has 0 atom stereocenters. The van der Waals surface area contributed by atoms with Crippen molar-refractivity contribution in [3.8, 4) is 0 Å². The average Bonchev–Trinajstić information content (AvgIpc) is 2.92. The van der Waals surface area contributed by atoms with Gasteiger partial charge in [-0.1, -0.05) is 0 Å². The molecule has 3 nitrogen and oxygen atoms in total. The maximum atomic E-state index is 11.7.